The lowest BCUT2D eigenvalue weighted by Crippen LogP contribution is -2.16. The van der Waals surface area contributed by atoms with Crippen LogP contribution in [0.1, 0.15) is 52.7 Å². The molecule has 0 amide bonds. The van der Waals surface area contributed by atoms with Crippen LogP contribution < -0.4 is 4.52 Å². The largest absolute Gasteiger partial charge is 0.508 e. The Kier molecular flexibility index (Phi) is 4.51. The Labute approximate surface area is 116 Å². The Bertz CT molecular complexity index is 456. The van der Waals surface area contributed by atoms with Crippen LogP contribution in [0.4, 0.5) is 0 Å². The van der Waals surface area contributed by atoms with Gasteiger partial charge in [0.15, 0.2) is 0 Å². The fraction of sp³-hybridized carbons (Fsp3) is 0.571. The highest BCUT2D eigenvalue weighted by Crippen LogP contribution is 2.43. The smallest absolute Gasteiger partial charge is 0.391 e. The van der Waals surface area contributed by atoms with Gasteiger partial charge in [-0.1, -0.05) is 41.5 Å². The predicted octanol–water partition coefficient (Wildman–Crippen LogP) is 3.58. The zero-order valence-electron chi connectivity index (χ0n) is 12.4. The van der Waals surface area contributed by atoms with Crippen molar-refractivity contribution in [3.05, 3.63) is 23.3 Å². The molecule has 0 aromatic heterocycles. The second-order valence-electron chi connectivity index (χ2n) is 6.71. The SMILES string of the molecule is CC(C)(C)c1cc(OP(O)O)c(C(C)(C)C)cc1O. The van der Waals surface area contributed by atoms with Crippen molar-refractivity contribution in [1.29, 1.82) is 0 Å². The Hall–Kier alpha value is -0.830. The second-order valence-corrected chi connectivity index (χ2v) is 7.40. The average molecular weight is 286 g/mol. The van der Waals surface area contributed by atoms with Crippen molar-refractivity contribution in [3.8, 4) is 11.5 Å². The van der Waals surface area contributed by atoms with Crippen molar-refractivity contribution in [1.82, 2.24) is 0 Å². The maximum absolute atomic E-state index is 10.2. The molecule has 19 heavy (non-hydrogen) atoms. The van der Waals surface area contributed by atoms with E-state index in [1.165, 1.54) is 0 Å². The molecule has 0 aliphatic heterocycles. The minimum absolute atomic E-state index is 0.199. The van der Waals surface area contributed by atoms with Crippen LogP contribution in [0.2, 0.25) is 0 Å². The van der Waals surface area contributed by atoms with Gasteiger partial charge in [0.05, 0.1) is 0 Å². The summed E-state index contributed by atoms with van der Waals surface area (Å²) in [6.45, 7) is 11.9. The molecule has 4 nitrogen and oxygen atoms in total. The number of benzene rings is 1. The third kappa shape index (κ3) is 4.07. The molecule has 0 aliphatic rings. The molecule has 0 saturated heterocycles. The summed E-state index contributed by atoms with van der Waals surface area (Å²) in [6, 6.07) is 3.34. The van der Waals surface area contributed by atoms with E-state index in [1.54, 1.807) is 12.1 Å². The molecular formula is C14H23O4P. The molecule has 0 heterocycles. The third-order valence-corrected chi connectivity index (χ3v) is 3.25. The van der Waals surface area contributed by atoms with E-state index in [0.717, 1.165) is 5.56 Å². The normalized spacial score (nSPS) is 12.9. The first kappa shape index (κ1) is 16.2. The first-order valence-corrected chi connectivity index (χ1v) is 7.33. The Morgan fingerprint density at radius 2 is 1.37 bits per heavy atom. The first-order chi connectivity index (χ1) is 8.43. The molecule has 108 valence electrons. The molecule has 1 aromatic rings. The number of hydrogen-bond acceptors (Lipinski definition) is 4. The number of aromatic hydroxyl groups is 1. The minimum atomic E-state index is -2.48. The Balaban J connectivity index is 3.46. The Morgan fingerprint density at radius 1 is 0.895 bits per heavy atom. The van der Waals surface area contributed by atoms with Crippen LogP contribution in [0.5, 0.6) is 11.5 Å². The maximum atomic E-state index is 10.2. The fourth-order valence-electron chi connectivity index (χ4n) is 1.92. The fourth-order valence-corrected chi connectivity index (χ4v) is 2.25. The van der Waals surface area contributed by atoms with Crippen LogP contribution in [0.15, 0.2) is 12.1 Å². The van der Waals surface area contributed by atoms with Crippen LogP contribution >= 0.6 is 8.60 Å². The summed E-state index contributed by atoms with van der Waals surface area (Å²) in [4.78, 5) is 18.2. The van der Waals surface area contributed by atoms with Gasteiger partial charge in [0.2, 0.25) is 0 Å². The van der Waals surface area contributed by atoms with E-state index in [1.807, 2.05) is 41.5 Å². The summed E-state index contributed by atoms with van der Waals surface area (Å²) >= 11 is 0. The molecule has 1 rings (SSSR count). The number of hydrogen-bond donors (Lipinski definition) is 3. The van der Waals surface area contributed by atoms with E-state index in [9.17, 15) is 5.11 Å². The van der Waals surface area contributed by atoms with Gasteiger partial charge < -0.3 is 19.4 Å². The lowest BCUT2D eigenvalue weighted by atomic mass is 9.81. The first-order valence-electron chi connectivity index (χ1n) is 6.17. The molecule has 1 aromatic carbocycles. The van der Waals surface area contributed by atoms with E-state index in [2.05, 4.69) is 0 Å². The zero-order chi connectivity index (χ0) is 15.0. The highest BCUT2D eigenvalue weighted by Gasteiger charge is 2.26. The summed E-state index contributed by atoms with van der Waals surface area (Å²) < 4.78 is 5.13. The molecule has 0 aliphatic carbocycles. The summed E-state index contributed by atoms with van der Waals surface area (Å²) in [5.41, 5.74) is 0.932. The number of phenolic OH excluding ortho intramolecular Hbond substituents is 1. The van der Waals surface area contributed by atoms with E-state index in [-0.39, 0.29) is 16.6 Å². The van der Waals surface area contributed by atoms with Crippen LogP contribution in [-0.4, -0.2) is 14.9 Å². The van der Waals surface area contributed by atoms with Crippen LogP contribution in [0, 0.1) is 0 Å². The van der Waals surface area contributed by atoms with Gasteiger partial charge in [-0.15, -0.1) is 0 Å². The van der Waals surface area contributed by atoms with E-state index in [4.69, 9.17) is 14.3 Å². The number of phenols is 1. The van der Waals surface area contributed by atoms with Gasteiger partial charge in [-0.3, -0.25) is 0 Å². The zero-order valence-corrected chi connectivity index (χ0v) is 13.2. The van der Waals surface area contributed by atoms with Crippen LogP contribution in [0.25, 0.3) is 0 Å². The molecule has 5 heteroatoms. The van der Waals surface area contributed by atoms with Gasteiger partial charge in [-0.2, -0.15) is 0 Å². The van der Waals surface area contributed by atoms with Crippen molar-refractivity contribution in [2.45, 2.75) is 52.4 Å². The summed E-state index contributed by atoms with van der Waals surface area (Å²) in [5.74, 6) is 0.608. The van der Waals surface area contributed by atoms with Crippen molar-refractivity contribution in [3.63, 3.8) is 0 Å². The topological polar surface area (TPSA) is 69.9 Å². The van der Waals surface area contributed by atoms with Gasteiger partial charge in [-0.05, 0) is 23.0 Å². The van der Waals surface area contributed by atoms with Crippen molar-refractivity contribution >= 4 is 8.60 Å². The van der Waals surface area contributed by atoms with E-state index < -0.39 is 8.60 Å². The Morgan fingerprint density at radius 3 is 1.74 bits per heavy atom. The standard InChI is InChI=1S/C14H23O4P/c1-13(2,3)9-8-12(18-19(16)17)10(7-11(9)15)14(4,5)6/h7-8,15-17H,1-6H3. The number of rotatable bonds is 2. The van der Waals surface area contributed by atoms with Crippen molar-refractivity contribution in [2.24, 2.45) is 0 Å². The molecule has 0 atom stereocenters. The maximum Gasteiger partial charge on any atom is 0.391 e. The molecular weight excluding hydrogens is 263 g/mol. The second kappa shape index (κ2) is 5.28. The van der Waals surface area contributed by atoms with E-state index in [0.29, 0.717) is 11.3 Å². The van der Waals surface area contributed by atoms with Crippen molar-refractivity contribution in [2.75, 3.05) is 0 Å². The predicted molar refractivity (Wildman–Crippen MR) is 77.5 cm³/mol. The summed E-state index contributed by atoms with van der Waals surface area (Å²) in [7, 11) is -2.48. The van der Waals surface area contributed by atoms with Gasteiger partial charge in [-0.25, -0.2) is 0 Å². The molecule has 0 unspecified atom stereocenters. The van der Waals surface area contributed by atoms with E-state index >= 15 is 0 Å². The van der Waals surface area contributed by atoms with Gasteiger partial charge in [0.25, 0.3) is 0 Å². The monoisotopic (exact) mass is 286 g/mol. The van der Waals surface area contributed by atoms with Gasteiger partial charge in [0, 0.05) is 11.1 Å². The molecule has 0 fully saturated rings. The minimum Gasteiger partial charge on any atom is -0.508 e. The average Bonchev–Trinajstić information content (AvgIpc) is 2.16. The summed E-state index contributed by atoms with van der Waals surface area (Å²) in [5, 5.41) is 10.2. The molecule has 0 spiro atoms. The molecule has 0 saturated carbocycles. The highest BCUT2D eigenvalue weighted by atomic mass is 31.2. The van der Waals surface area contributed by atoms with Crippen molar-refractivity contribution < 1.29 is 19.4 Å². The summed E-state index contributed by atoms with van der Waals surface area (Å²) in [6.07, 6.45) is 0. The third-order valence-electron chi connectivity index (χ3n) is 2.89. The lowest BCUT2D eigenvalue weighted by molar-refractivity contribution is 0.367. The van der Waals surface area contributed by atoms with Crippen LogP contribution in [0.3, 0.4) is 0 Å². The van der Waals surface area contributed by atoms with Crippen LogP contribution in [-0.2, 0) is 10.8 Å². The quantitative estimate of drug-likeness (QED) is 0.727. The molecule has 0 bridgehead atoms. The highest BCUT2D eigenvalue weighted by molar-refractivity contribution is 7.39. The van der Waals surface area contributed by atoms with Gasteiger partial charge in [0.1, 0.15) is 11.5 Å². The lowest BCUT2D eigenvalue weighted by Gasteiger charge is -2.27. The molecule has 0 radical (unpaired) electrons. The van der Waals surface area contributed by atoms with Gasteiger partial charge >= 0.3 is 8.60 Å². The molecule has 3 N–H and O–H groups in total.